The molecule has 0 radical (unpaired) electrons. The first-order valence-corrected chi connectivity index (χ1v) is 7.42. The lowest BCUT2D eigenvalue weighted by molar-refractivity contribution is 0.289. The number of rotatable bonds is 5. The van der Waals surface area contributed by atoms with Gasteiger partial charge in [-0.1, -0.05) is 33.1 Å². The molecule has 1 heterocycles. The zero-order valence-corrected chi connectivity index (χ0v) is 12.0. The van der Waals surface area contributed by atoms with Crippen molar-refractivity contribution in [1.82, 2.24) is 9.97 Å². The largest absolute Gasteiger partial charge is 0.395 e. The van der Waals surface area contributed by atoms with E-state index >= 15 is 0 Å². The second kappa shape index (κ2) is 6.85. The number of hydrogen-bond donors (Lipinski definition) is 1. The van der Waals surface area contributed by atoms with Crippen LogP contribution in [0.4, 0.5) is 5.82 Å². The van der Waals surface area contributed by atoms with E-state index in [1.165, 1.54) is 32.1 Å². The minimum Gasteiger partial charge on any atom is -0.395 e. The van der Waals surface area contributed by atoms with Gasteiger partial charge in [-0.2, -0.15) is 0 Å². The second-order valence-corrected chi connectivity index (χ2v) is 5.66. The van der Waals surface area contributed by atoms with E-state index in [-0.39, 0.29) is 6.61 Å². The molecule has 4 nitrogen and oxygen atoms in total. The molecule has 1 aliphatic carbocycles. The SMILES string of the molecule is CC(C)c1cc(N(CCO)C2CCCCC2)ncn1. The Morgan fingerprint density at radius 3 is 2.63 bits per heavy atom. The van der Waals surface area contributed by atoms with Gasteiger partial charge < -0.3 is 10.0 Å². The number of nitrogens with zero attached hydrogens (tertiary/aromatic N) is 3. The molecule has 2 rings (SSSR count). The maximum atomic E-state index is 9.32. The molecule has 0 aliphatic heterocycles. The van der Waals surface area contributed by atoms with Gasteiger partial charge in [-0.05, 0) is 18.8 Å². The number of aliphatic hydroxyl groups excluding tert-OH is 1. The zero-order valence-electron chi connectivity index (χ0n) is 12.0. The molecule has 1 aromatic heterocycles. The molecule has 4 heteroatoms. The number of anilines is 1. The monoisotopic (exact) mass is 263 g/mol. The fourth-order valence-corrected chi connectivity index (χ4v) is 2.82. The lowest BCUT2D eigenvalue weighted by Gasteiger charge is -2.35. The van der Waals surface area contributed by atoms with Crippen LogP contribution in [0.15, 0.2) is 12.4 Å². The fourth-order valence-electron chi connectivity index (χ4n) is 2.82. The van der Waals surface area contributed by atoms with Crippen molar-refractivity contribution in [2.24, 2.45) is 0 Å². The Balaban J connectivity index is 2.19. The summed E-state index contributed by atoms with van der Waals surface area (Å²) >= 11 is 0. The smallest absolute Gasteiger partial charge is 0.132 e. The molecule has 0 aromatic carbocycles. The normalized spacial score (nSPS) is 16.8. The van der Waals surface area contributed by atoms with Gasteiger partial charge in [0.15, 0.2) is 0 Å². The lowest BCUT2D eigenvalue weighted by atomic mass is 9.94. The van der Waals surface area contributed by atoms with Crippen molar-refractivity contribution in [1.29, 1.82) is 0 Å². The zero-order chi connectivity index (χ0) is 13.7. The third-order valence-corrected chi connectivity index (χ3v) is 3.92. The predicted molar refractivity (Wildman–Crippen MR) is 77.4 cm³/mol. The maximum absolute atomic E-state index is 9.32. The topological polar surface area (TPSA) is 49.2 Å². The van der Waals surface area contributed by atoms with Crippen LogP contribution < -0.4 is 4.90 Å². The van der Waals surface area contributed by atoms with Gasteiger partial charge in [0.1, 0.15) is 12.1 Å². The van der Waals surface area contributed by atoms with Crippen molar-refractivity contribution >= 4 is 5.82 Å². The molecule has 0 amide bonds. The molecule has 0 bridgehead atoms. The van der Waals surface area contributed by atoms with Crippen LogP contribution in [0.5, 0.6) is 0 Å². The number of hydrogen-bond acceptors (Lipinski definition) is 4. The Morgan fingerprint density at radius 1 is 1.26 bits per heavy atom. The van der Waals surface area contributed by atoms with Crippen LogP contribution in [0, 0.1) is 0 Å². The standard InChI is InChI=1S/C15H25N3O/c1-12(2)14-10-15(17-11-16-14)18(8-9-19)13-6-4-3-5-7-13/h10-13,19H,3-9H2,1-2H3. The average Bonchev–Trinajstić information content (AvgIpc) is 2.46. The van der Waals surface area contributed by atoms with Crippen molar-refractivity contribution < 1.29 is 5.11 Å². The Morgan fingerprint density at radius 2 is 2.00 bits per heavy atom. The van der Waals surface area contributed by atoms with E-state index in [2.05, 4.69) is 34.8 Å². The molecule has 1 fully saturated rings. The van der Waals surface area contributed by atoms with E-state index in [1.807, 2.05) is 0 Å². The molecular weight excluding hydrogens is 238 g/mol. The van der Waals surface area contributed by atoms with Crippen molar-refractivity contribution in [2.75, 3.05) is 18.1 Å². The molecule has 0 spiro atoms. The summed E-state index contributed by atoms with van der Waals surface area (Å²) < 4.78 is 0. The highest BCUT2D eigenvalue weighted by Crippen LogP contribution is 2.27. The molecule has 106 valence electrons. The minimum absolute atomic E-state index is 0.178. The van der Waals surface area contributed by atoms with Crippen LogP contribution in [0.2, 0.25) is 0 Å². The first-order valence-electron chi connectivity index (χ1n) is 7.42. The van der Waals surface area contributed by atoms with Crippen LogP contribution in [0.3, 0.4) is 0 Å². The van der Waals surface area contributed by atoms with Crippen LogP contribution in [0.1, 0.15) is 57.6 Å². The van der Waals surface area contributed by atoms with Crippen molar-refractivity contribution in [3.63, 3.8) is 0 Å². The summed E-state index contributed by atoms with van der Waals surface area (Å²) in [4.78, 5) is 11.0. The molecule has 0 saturated heterocycles. The van der Waals surface area contributed by atoms with E-state index in [0.717, 1.165) is 11.5 Å². The summed E-state index contributed by atoms with van der Waals surface area (Å²) in [6.07, 6.45) is 7.98. The van der Waals surface area contributed by atoms with Crippen molar-refractivity contribution in [3.8, 4) is 0 Å². The van der Waals surface area contributed by atoms with E-state index in [0.29, 0.717) is 18.5 Å². The van der Waals surface area contributed by atoms with E-state index in [4.69, 9.17) is 0 Å². The Bertz CT molecular complexity index is 389. The summed E-state index contributed by atoms with van der Waals surface area (Å²) in [6.45, 7) is 5.13. The summed E-state index contributed by atoms with van der Waals surface area (Å²) in [5, 5.41) is 9.32. The summed E-state index contributed by atoms with van der Waals surface area (Å²) in [5.41, 5.74) is 1.07. The van der Waals surface area contributed by atoms with Gasteiger partial charge in [0.05, 0.1) is 6.61 Å². The highest BCUT2D eigenvalue weighted by molar-refractivity contribution is 5.41. The van der Waals surface area contributed by atoms with E-state index in [1.54, 1.807) is 6.33 Å². The van der Waals surface area contributed by atoms with E-state index in [9.17, 15) is 5.11 Å². The van der Waals surface area contributed by atoms with Gasteiger partial charge in [0.2, 0.25) is 0 Å². The second-order valence-electron chi connectivity index (χ2n) is 5.66. The van der Waals surface area contributed by atoms with Crippen LogP contribution in [-0.4, -0.2) is 34.3 Å². The number of aliphatic hydroxyl groups is 1. The molecule has 0 atom stereocenters. The molecule has 0 unspecified atom stereocenters. The first kappa shape index (κ1) is 14.3. The van der Waals surface area contributed by atoms with Crippen molar-refractivity contribution in [2.45, 2.75) is 57.9 Å². The highest BCUT2D eigenvalue weighted by atomic mass is 16.3. The minimum atomic E-state index is 0.178. The fraction of sp³-hybridized carbons (Fsp3) is 0.733. The molecule has 1 saturated carbocycles. The first-order chi connectivity index (χ1) is 9.22. The van der Waals surface area contributed by atoms with E-state index < -0.39 is 0 Å². The average molecular weight is 263 g/mol. The highest BCUT2D eigenvalue weighted by Gasteiger charge is 2.22. The Labute approximate surface area is 115 Å². The molecule has 1 aliphatic rings. The predicted octanol–water partition coefficient (Wildman–Crippen LogP) is 2.73. The van der Waals surface area contributed by atoms with Gasteiger partial charge in [-0.3, -0.25) is 0 Å². The third-order valence-electron chi connectivity index (χ3n) is 3.92. The molecule has 1 N–H and O–H groups in total. The van der Waals surface area contributed by atoms with Crippen LogP contribution in [0.25, 0.3) is 0 Å². The summed E-state index contributed by atoms with van der Waals surface area (Å²) in [6, 6.07) is 2.60. The maximum Gasteiger partial charge on any atom is 0.132 e. The molecule has 1 aromatic rings. The summed E-state index contributed by atoms with van der Waals surface area (Å²) in [7, 11) is 0. The Kier molecular flexibility index (Phi) is 5.14. The van der Waals surface area contributed by atoms with Gasteiger partial charge >= 0.3 is 0 Å². The molecule has 19 heavy (non-hydrogen) atoms. The lowest BCUT2D eigenvalue weighted by Crippen LogP contribution is -2.39. The molecular formula is C15H25N3O. The van der Waals surface area contributed by atoms with Gasteiger partial charge in [-0.15, -0.1) is 0 Å². The van der Waals surface area contributed by atoms with Gasteiger partial charge in [0.25, 0.3) is 0 Å². The van der Waals surface area contributed by atoms with Crippen LogP contribution in [-0.2, 0) is 0 Å². The van der Waals surface area contributed by atoms with Gasteiger partial charge in [-0.25, -0.2) is 9.97 Å². The van der Waals surface area contributed by atoms with Gasteiger partial charge in [0, 0.05) is 24.3 Å². The quantitative estimate of drug-likeness (QED) is 0.887. The summed E-state index contributed by atoms with van der Waals surface area (Å²) in [5.74, 6) is 1.38. The van der Waals surface area contributed by atoms with Crippen molar-refractivity contribution in [3.05, 3.63) is 18.1 Å². The Hall–Kier alpha value is -1.16. The number of aromatic nitrogens is 2. The van der Waals surface area contributed by atoms with Crippen LogP contribution >= 0.6 is 0 Å². The third kappa shape index (κ3) is 3.66.